The molecular weight excluding hydrogens is 104 g/mol. The molecule has 48 valence electrons. The largest absolute Gasteiger partial charge is 0.395 e. The average Bonchev–Trinajstić information content (AvgIpc) is 2.14. The maximum absolute atomic E-state index is 8.57. The van der Waals surface area contributed by atoms with Crippen molar-refractivity contribution < 1.29 is 5.11 Å². The first-order valence-electron chi connectivity index (χ1n) is 2.92. The molecular formula is C5H12N2O. The van der Waals surface area contributed by atoms with Crippen LogP contribution in [0.2, 0.25) is 0 Å². The Morgan fingerprint density at radius 3 is 2.75 bits per heavy atom. The van der Waals surface area contributed by atoms with Crippen molar-refractivity contribution in [3.05, 3.63) is 0 Å². The molecule has 3 nitrogen and oxygen atoms in total. The molecule has 1 saturated heterocycles. The van der Waals surface area contributed by atoms with E-state index >= 15 is 0 Å². The molecule has 0 bridgehead atoms. The SMILES string of the molecule is NC1CN[C@H](CO)C1. The first-order chi connectivity index (χ1) is 3.83. The highest BCUT2D eigenvalue weighted by Gasteiger charge is 2.18. The van der Waals surface area contributed by atoms with E-state index in [4.69, 9.17) is 10.8 Å². The Bertz CT molecular complexity index is 76.8. The summed E-state index contributed by atoms with van der Waals surface area (Å²) < 4.78 is 0. The molecule has 1 rings (SSSR count). The van der Waals surface area contributed by atoms with Crippen LogP contribution in [0.3, 0.4) is 0 Å². The van der Waals surface area contributed by atoms with Crippen LogP contribution in [-0.2, 0) is 0 Å². The number of aliphatic hydroxyl groups excluding tert-OH is 1. The Balaban J connectivity index is 2.22. The van der Waals surface area contributed by atoms with Crippen molar-refractivity contribution >= 4 is 0 Å². The Morgan fingerprint density at radius 2 is 2.50 bits per heavy atom. The molecule has 0 aromatic carbocycles. The normalized spacial score (nSPS) is 38.2. The third-order valence-corrected chi connectivity index (χ3v) is 1.48. The number of rotatable bonds is 1. The van der Waals surface area contributed by atoms with Gasteiger partial charge in [0.25, 0.3) is 0 Å². The van der Waals surface area contributed by atoms with Crippen LogP contribution >= 0.6 is 0 Å². The highest BCUT2D eigenvalue weighted by Crippen LogP contribution is 2.01. The zero-order valence-electron chi connectivity index (χ0n) is 4.80. The van der Waals surface area contributed by atoms with Crippen molar-refractivity contribution in [2.24, 2.45) is 5.73 Å². The average molecular weight is 116 g/mol. The standard InChI is InChI=1S/C5H12N2O/c6-4-1-5(3-8)7-2-4/h4-5,7-8H,1-3,6H2/t4?,5-/m0/s1. The molecule has 8 heavy (non-hydrogen) atoms. The van der Waals surface area contributed by atoms with Gasteiger partial charge < -0.3 is 16.2 Å². The molecule has 1 fully saturated rings. The van der Waals surface area contributed by atoms with Gasteiger partial charge in [-0.15, -0.1) is 0 Å². The predicted octanol–water partition coefficient (Wildman–Crippen LogP) is -1.33. The second-order valence-corrected chi connectivity index (χ2v) is 2.28. The molecule has 0 aromatic heterocycles. The lowest BCUT2D eigenvalue weighted by Gasteiger charge is -2.01. The van der Waals surface area contributed by atoms with Crippen LogP contribution in [-0.4, -0.2) is 30.3 Å². The fraction of sp³-hybridized carbons (Fsp3) is 1.00. The number of hydrogen-bond donors (Lipinski definition) is 3. The van der Waals surface area contributed by atoms with Crippen molar-refractivity contribution in [2.45, 2.75) is 18.5 Å². The van der Waals surface area contributed by atoms with Gasteiger partial charge in [-0.3, -0.25) is 0 Å². The maximum Gasteiger partial charge on any atom is 0.0585 e. The highest BCUT2D eigenvalue weighted by molar-refractivity contribution is 4.82. The lowest BCUT2D eigenvalue weighted by molar-refractivity contribution is 0.254. The van der Waals surface area contributed by atoms with Gasteiger partial charge in [0.1, 0.15) is 0 Å². The van der Waals surface area contributed by atoms with Gasteiger partial charge in [0.05, 0.1) is 6.61 Å². The molecule has 1 aliphatic heterocycles. The number of nitrogens with two attached hydrogens (primary N) is 1. The summed E-state index contributed by atoms with van der Waals surface area (Å²) in [5.74, 6) is 0. The molecule has 0 saturated carbocycles. The van der Waals surface area contributed by atoms with E-state index in [1.54, 1.807) is 0 Å². The van der Waals surface area contributed by atoms with Crippen LogP contribution in [0.5, 0.6) is 0 Å². The first kappa shape index (κ1) is 6.01. The highest BCUT2D eigenvalue weighted by atomic mass is 16.3. The van der Waals surface area contributed by atoms with E-state index < -0.39 is 0 Å². The summed E-state index contributed by atoms with van der Waals surface area (Å²) in [4.78, 5) is 0. The summed E-state index contributed by atoms with van der Waals surface area (Å²) in [5, 5.41) is 11.6. The first-order valence-corrected chi connectivity index (χ1v) is 2.92. The number of hydrogen-bond acceptors (Lipinski definition) is 3. The lowest BCUT2D eigenvalue weighted by Crippen LogP contribution is -2.25. The van der Waals surface area contributed by atoms with E-state index in [2.05, 4.69) is 5.32 Å². The van der Waals surface area contributed by atoms with Gasteiger partial charge in [-0.05, 0) is 6.42 Å². The fourth-order valence-electron chi connectivity index (χ4n) is 0.989. The summed E-state index contributed by atoms with van der Waals surface area (Å²) in [6.45, 7) is 1.07. The summed E-state index contributed by atoms with van der Waals surface area (Å²) in [6, 6.07) is 0.511. The maximum atomic E-state index is 8.57. The Morgan fingerprint density at radius 1 is 1.75 bits per heavy atom. The summed E-state index contributed by atoms with van der Waals surface area (Å²) in [5.41, 5.74) is 5.53. The van der Waals surface area contributed by atoms with E-state index in [0.29, 0.717) is 0 Å². The Hall–Kier alpha value is -0.120. The third kappa shape index (κ3) is 1.18. The van der Waals surface area contributed by atoms with Crippen molar-refractivity contribution in [2.75, 3.05) is 13.2 Å². The van der Waals surface area contributed by atoms with E-state index in [1.807, 2.05) is 0 Å². The van der Waals surface area contributed by atoms with Gasteiger partial charge in [-0.25, -0.2) is 0 Å². The van der Waals surface area contributed by atoms with Gasteiger partial charge in [0, 0.05) is 18.6 Å². The van der Waals surface area contributed by atoms with E-state index in [9.17, 15) is 0 Å². The topological polar surface area (TPSA) is 58.3 Å². The zero-order valence-corrected chi connectivity index (χ0v) is 4.80. The van der Waals surface area contributed by atoms with Crippen molar-refractivity contribution in [3.8, 4) is 0 Å². The van der Waals surface area contributed by atoms with Crippen LogP contribution in [0.25, 0.3) is 0 Å². The van der Waals surface area contributed by atoms with Gasteiger partial charge in [0.15, 0.2) is 0 Å². The van der Waals surface area contributed by atoms with Crippen molar-refractivity contribution in [1.29, 1.82) is 0 Å². The van der Waals surface area contributed by atoms with Crippen molar-refractivity contribution in [1.82, 2.24) is 5.32 Å². The monoisotopic (exact) mass is 116 g/mol. The molecule has 3 heteroatoms. The minimum Gasteiger partial charge on any atom is -0.395 e. The predicted molar refractivity (Wildman–Crippen MR) is 31.5 cm³/mol. The molecule has 0 amide bonds. The van der Waals surface area contributed by atoms with Gasteiger partial charge in [0.2, 0.25) is 0 Å². The summed E-state index contributed by atoms with van der Waals surface area (Å²) in [7, 11) is 0. The molecule has 1 unspecified atom stereocenters. The molecule has 4 N–H and O–H groups in total. The van der Waals surface area contributed by atoms with Crippen LogP contribution in [0.15, 0.2) is 0 Å². The quantitative estimate of drug-likeness (QED) is 0.398. The summed E-state index contributed by atoms with van der Waals surface area (Å²) >= 11 is 0. The molecule has 0 radical (unpaired) electrons. The number of nitrogens with one attached hydrogen (secondary N) is 1. The molecule has 0 aliphatic carbocycles. The van der Waals surface area contributed by atoms with Crippen LogP contribution in [0.4, 0.5) is 0 Å². The lowest BCUT2D eigenvalue weighted by atomic mass is 10.2. The molecule has 0 aromatic rings. The van der Waals surface area contributed by atoms with E-state index in [1.165, 1.54) is 0 Å². The Labute approximate surface area is 48.9 Å². The summed E-state index contributed by atoms with van der Waals surface area (Å²) in [6.07, 6.45) is 0.913. The minimum atomic E-state index is 0.216. The van der Waals surface area contributed by atoms with E-state index in [0.717, 1.165) is 13.0 Å². The number of aliphatic hydroxyl groups is 1. The van der Waals surface area contributed by atoms with Crippen LogP contribution in [0, 0.1) is 0 Å². The molecule has 2 atom stereocenters. The minimum absolute atomic E-state index is 0.216. The third-order valence-electron chi connectivity index (χ3n) is 1.48. The second-order valence-electron chi connectivity index (χ2n) is 2.28. The van der Waals surface area contributed by atoms with Crippen LogP contribution in [0.1, 0.15) is 6.42 Å². The van der Waals surface area contributed by atoms with Gasteiger partial charge >= 0.3 is 0 Å². The molecule has 1 aliphatic rings. The van der Waals surface area contributed by atoms with Crippen molar-refractivity contribution in [3.63, 3.8) is 0 Å². The molecule has 1 heterocycles. The fourth-order valence-corrected chi connectivity index (χ4v) is 0.989. The molecule has 0 spiro atoms. The zero-order chi connectivity index (χ0) is 5.98. The second kappa shape index (κ2) is 2.44. The smallest absolute Gasteiger partial charge is 0.0585 e. The van der Waals surface area contributed by atoms with Crippen LogP contribution < -0.4 is 11.1 Å². The van der Waals surface area contributed by atoms with E-state index in [-0.39, 0.29) is 18.7 Å². The Kier molecular flexibility index (Phi) is 1.83. The van der Waals surface area contributed by atoms with Gasteiger partial charge in [-0.1, -0.05) is 0 Å². The van der Waals surface area contributed by atoms with Gasteiger partial charge in [-0.2, -0.15) is 0 Å².